The van der Waals surface area contributed by atoms with Crippen molar-refractivity contribution in [1.82, 2.24) is 5.32 Å². The summed E-state index contributed by atoms with van der Waals surface area (Å²) in [7, 11) is 3.50. The summed E-state index contributed by atoms with van der Waals surface area (Å²) >= 11 is 0. The van der Waals surface area contributed by atoms with Gasteiger partial charge in [-0.1, -0.05) is 6.07 Å². The highest BCUT2D eigenvalue weighted by Gasteiger charge is 2.08. The predicted molar refractivity (Wildman–Crippen MR) is 62.9 cm³/mol. The van der Waals surface area contributed by atoms with Gasteiger partial charge in [-0.3, -0.25) is 4.79 Å². The van der Waals surface area contributed by atoms with Gasteiger partial charge < -0.3 is 16.0 Å². The summed E-state index contributed by atoms with van der Waals surface area (Å²) in [6.45, 7) is 2.33. The number of anilines is 2. The minimum absolute atomic E-state index is 0.0145. The number of carbonyl (C=O) groups excluding carboxylic acids is 1. The first-order chi connectivity index (χ1) is 7.04. The highest BCUT2D eigenvalue weighted by molar-refractivity contribution is 5.81. The van der Waals surface area contributed by atoms with E-state index in [2.05, 4.69) is 5.32 Å². The van der Waals surface area contributed by atoms with E-state index < -0.39 is 0 Å². The van der Waals surface area contributed by atoms with Crippen LogP contribution in [0.15, 0.2) is 18.2 Å². The van der Waals surface area contributed by atoms with Crippen molar-refractivity contribution >= 4 is 17.3 Å². The lowest BCUT2D eigenvalue weighted by Crippen LogP contribution is -2.33. The molecular formula is C11H17N3O. The van der Waals surface area contributed by atoms with E-state index in [1.807, 2.05) is 37.1 Å². The fourth-order valence-electron chi connectivity index (χ4n) is 1.42. The van der Waals surface area contributed by atoms with Crippen LogP contribution in [-0.4, -0.2) is 26.5 Å². The highest BCUT2D eigenvalue weighted by atomic mass is 16.1. The molecule has 1 rings (SSSR count). The van der Waals surface area contributed by atoms with E-state index in [4.69, 9.17) is 5.73 Å². The number of aryl methyl sites for hydroxylation is 1. The van der Waals surface area contributed by atoms with Gasteiger partial charge in [0.1, 0.15) is 0 Å². The van der Waals surface area contributed by atoms with E-state index in [0.717, 1.165) is 11.3 Å². The summed E-state index contributed by atoms with van der Waals surface area (Å²) in [6.07, 6.45) is 0. The van der Waals surface area contributed by atoms with Crippen LogP contribution in [0.25, 0.3) is 0 Å². The Balaban J connectivity index is 2.85. The lowest BCUT2D eigenvalue weighted by atomic mass is 10.1. The summed E-state index contributed by atoms with van der Waals surface area (Å²) in [5.74, 6) is -0.0145. The lowest BCUT2D eigenvalue weighted by molar-refractivity contribution is -0.119. The van der Waals surface area contributed by atoms with E-state index in [1.165, 1.54) is 0 Å². The number of nitrogens with zero attached hydrogens (tertiary/aromatic N) is 1. The second kappa shape index (κ2) is 4.68. The number of carbonyl (C=O) groups is 1. The van der Waals surface area contributed by atoms with Crippen molar-refractivity contribution in [2.75, 3.05) is 31.3 Å². The molecule has 0 aromatic heterocycles. The minimum atomic E-state index is -0.0145. The van der Waals surface area contributed by atoms with Crippen molar-refractivity contribution < 1.29 is 4.79 Å². The van der Waals surface area contributed by atoms with Crippen molar-refractivity contribution in [3.8, 4) is 0 Å². The molecule has 0 atom stereocenters. The fraction of sp³-hybridized carbons (Fsp3) is 0.364. The Morgan fingerprint density at radius 2 is 2.20 bits per heavy atom. The third kappa shape index (κ3) is 2.87. The molecule has 1 aromatic rings. The van der Waals surface area contributed by atoms with E-state index in [0.29, 0.717) is 12.2 Å². The SMILES string of the molecule is CNC(=O)CN(C)c1cc(N)ccc1C. The molecule has 3 N–H and O–H groups in total. The number of nitrogens with two attached hydrogens (primary N) is 1. The highest BCUT2D eigenvalue weighted by Crippen LogP contribution is 2.21. The molecule has 0 heterocycles. The van der Waals surface area contributed by atoms with E-state index in [-0.39, 0.29) is 5.91 Å². The first-order valence-corrected chi connectivity index (χ1v) is 4.82. The zero-order valence-electron chi connectivity index (χ0n) is 9.37. The van der Waals surface area contributed by atoms with Gasteiger partial charge in [-0.15, -0.1) is 0 Å². The number of nitrogens with one attached hydrogen (secondary N) is 1. The number of benzene rings is 1. The summed E-state index contributed by atoms with van der Waals surface area (Å²) in [6, 6.07) is 5.68. The topological polar surface area (TPSA) is 58.4 Å². The fourth-order valence-corrected chi connectivity index (χ4v) is 1.42. The Bertz CT molecular complexity index is 363. The smallest absolute Gasteiger partial charge is 0.239 e. The predicted octanol–water partition coefficient (Wildman–Crippen LogP) is 0.759. The number of amides is 1. The Morgan fingerprint density at radius 3 is 2.80 bits per heavy atom. The standard InChI is InChI=1S/C11H17N3O/c1-8-4-5-9(12)6-10(8)14(3)7-11(15)13-2/h4-6H,7,12H2,1-3H3,(H,13,15). The maximum absolute atomic E-state index is 11.2. The van der Waals surface area contributed by atoms with Gasteiger partial charge in [0.25, 0.3) is 0 Å². The summed E-state index contributed by atoms with van der Waals surface area (Å²) < 4.78 is 0. The zero-order valence-corrected chi connectivity index (χ0v) is 9.37. The monoisotopic (exact) mass is 207 g/mol. The van der Waals surface area contributed by atoms with Crippen LogP contribution < -0.4 is 16.0 Å². The molecule has 4 nitrogen and oxygen atoms in total. The van der Waals surface area contributed by atoms with E-state index >= 15 is 0 Å². The van der Waals surface area contributed by atoms with E-state index in [9.17, 15) is 4.79 Å². The molecule has 0 bridgehead atoms. The molecule has 0 saturated heterocycles. The maximum Gasteiger partial charge on any atom is 0.239 e. The number of hydrogen-bond acceptors (Lipinski definition) is 3. The van der Waals surface area contributed by atoms with Gasteiger partial charge >= 0.3 is 0 Å². The zero-order chi connectivity index (χ0) is 11.4. The molecule has 82 valence electrons. The Kier molecular flexibility index (Phi) is 3.55. The number of hydrogen-bond donors (Lipinski definition) is 2. The van der Waals surface area contributed by atoms with Gasteiger partial charge in [0.15, 0.2) is 0 Å². The van der Waals surface area contributed by atoms with Crippen molar-refractivity contribution in [1.29, 1.82) is 0 Å². The Labute approximate surface area is 90.1 Å². The molecule has 15 heavy (non-hydrogen) atoms. The van der Waals surface area contributed by atoms with Crippen LogP contribution in [-0.2, 0) is 4.79 Å². The minimum Gasteiger partial charge on any atom is -0.399 e. The van der Waals surface area contributed by atoms with Gasteiger partial charge in [0.05, 0.1) is 6.54 Å². The molecule has 0 spiro atoms. The molecule has 0 unspecified atom stereocenters. The summed E-state index contributed by atoms with van der Waals surface area (Å²) in [5.41, 5.74) is 8.50. The van der Waals surface area contributed by atoms with E-state index in [1.54, 1.807) is 7.05 Å². The molecule has 0 fully saturated rings. The lowest BCUT2D eigenvalue weighted by Gasteiger charge is -2.20. The first kappa shape index (κ1) is 11.4. The van der Waals surface area contributed by atoms with Gasteiger partial charge in [-0.05, 0) is 24.6 Å². The molecule has 0 aliphatic rings. The number of likely N-dealkylation sites (N-methyl/N-ethyl adjacent to an activating group) is 2. The summed E-state index contributed by atoms with van der Waals surface area (Å²) in [4.78, 5) is 13.1. The molecule has 0 radical (unpaired) electrons. The van der Waals surface area contributed by atoms with Crippen LogP contribution in [0.1, 0.15) is 5.56 Å². The van der Waals surface area contributed by atoms with Gasteiger partial charge in [-0.2, -0.15) is 0 Å². The third-order valence-corrected chi connectivity index (χ3v) is 2.30. The molecule has 0 aliphatic heterocycles. The molecular weight excluding hydrogens is 190 g/mol. The van der Waals surface area contributed by atoms with Gasteiger partial charge in [0.2, 0.25) is 5.91 Å². The van der Waals surface area contributed by atoms with Crippen LogP contribution in [0.4, 0.5) is 11.4 Å². The molecule has 4 heteroatoms. The average Bonchev–Trinajstić information content (AvgIpc) is 2.21. The van der Waals surface area contributed by atoms with Crippen LogP contribution in [0, 0.1) is 6.92 Å². The number of rotatable bonds is 3. The Hall–Kier alpha value is -1.71. The molecule has 1 amide bonds. The maximum atomic E-state index is 11.2. The molecule has 0 saturated carbocycles. The summed E-state index contributed by atoms with van der Waals surface area (Å²) in [5, 5.41) is 2.59. The van der Waals surface area contributed by atoms with Crippen molar-refractivity contribution in [2.24, 2.45) is 0 Å². The molecule has 0 aliphatic carbocycles. The van der Waals surface area contributed by atoms with Crippen LogP contribution >= 0.6 is 0 Å². The van der Waals surface area contributed by atoms with Gasteiger partial charge in [-0.25, -0.2) is 0 Å². The molecule has 1 aromatic carbocycles. The third-order valence-electron chi connectivity index (χ3n) is 2.30. The van der Waals surface area contributed by atoms with Crippen LogP contribution in [0.5, 0.6) is 0 Å². The second-order valence-corrected chi connectivity index (χ2v) is 3.58. The van der Waals surface area contributed by atoms with Crippen molar-refractivity contribution in [3.05, 3.63) is 23.8 Å². The average molecular weight is 207 g/mol. The van der Waals surface area contributed by atoms with Gasteiger partial charge in [0, 0.05) is 25.5 Å². The van der Waals surface area contributed by atoms with Crippen LogP contribution in [0.3, 0.4) is 0 Å². The first-order valence-electron chi connectivity index (χ1n) is 4.82. The van der Waals surface area contributed by atoms with Crippen molar-refractivity contribution in [3.63, 3.8) is 0 Å². The number of nitrogen functional groups attached to an aromatic ring is 1. The normalized spacial score (nSPS) is 9.80. The Morgan fingerprint density at radius 1 is 1.53 bits per heavy atom. The largest absolute Gasteiger partial charge is 0.399 e. The quantitative estimate of drug-likeness (QED) is 0.719. The second-order valence-electron chi connectivity index (χ2n) is 3.58. The van der Waals surface area contributed by atoms with Crippen molar-refractivity contribution in [2.45, 2.75) is 6.92 Å². The van der Waals surface area contributed by atoms with Crippen LogP contribution in [0.2, 0.25) is 0 Å².